The third-order valence-corrected chi connectivity index (χ3v) is 2.60. The Morgan fingerprint density at radius 3 is 2.53 bits per heavy atom. The van der Waals surface area contributed by atoms with Crippen LogP contribution in [0.2, 0.25) is 0 Å². The van der Waals surface area contributed by atoms with E-state index in [1.807, 2.05) is 0 Å². The standard InChI is InChI=1S/C11H6ClF4N/c12-5-6-4-9(11(14,15)16)17-10-7(6)2-1-3-8(10)13/h1-4H,5H2. The lowest BCUT2D eigenvalue weighted by Crippen LogP contribution is -2.09. The van der Waals surface area contributed by atoms with E-state index in [0.717, 1.165) is 12.1 Å². The van der Waals surface area contributed by atoms with Gasteiger partial charge >= 0.3 is 6.18 Å². The maximum Gasteiger partial charge on any atom is 0.433 e. The van der Waals surface area contributed by atoms with E-state index in [9.17, 15) is 17.6 Å². The molecular formula is C11H6ClF4N. The number of benzene rings is 1. The molecule has 0 amide bonds. The molecule has 90 valence electrons. The summed E-state index contributed by atoms with van der Waals surface area (Å²) in [7, 11) is 0. The molecule has 0 spiro atoms. The van der Waals surface area contributed by atoms with E-state index in [2.05, 4.69) is 4.98 Å². The zero-order valence-corrected chi connectivity index (χ0v) is 9.11. The van der Waals surface area contributed by atoms with Crippen molar-refractivity contribution in [3.05, 3.63) is 41.3 Å². The predicted octanol–water partition coefficient (Wildman–Crippen LogP) is 4.13. The van der Waals surface area contributed by atoms with Gasteiger partial charge in [0.1, 0.15) is 17.0 Å². The maximum atomic E-state index is 13.4. The lowest BCUT2D eigenvalue weighted by atomic mass is 10.1. The number of hydrogen-bond donors (Lipinski definition) is 0. The van der Waals surface area contributed by atoms with Crippen LogP contribution in [0.15, 0.2) is 24.3 Å². The summed E-state index contributed by atoms with van der Waals surface area (Å²) in [5.41, 5.74) is -1.23. The van der Waals surface area contributed by atoms with Gasteiger partial charge in [-0.2, -0.15) is 13.2 Å². The van der Waals surface area contributed by atoms with Crippen LogP contribution in [0.25, 0.3) is 10.9 Å². The van der Waals surface area contributed by atoms with Crippen molar-refractivity contribution in [1.82, 2.24) is 4.98 Å². The SMILES string of the molecule is Fc1cccc2c(CCl)cc(C(F)(F)F)nc12. The van der Waals surface area contributed by atoms with Crippen LogP contribution in [0, 0.1) is 5.82 Å². The Hall–Kier alpha value is -1.36. The molecule has 0 aliphatic heterocycles. The summed E-state index contributed by atoms with van der Waals surface area (Å²) in [5, 5.41) is 0.299. The first-order valence-corrected chi connectivity index (χ1v) is 5.18. The van der Waals surface area contributed by atoms with Crippen molar-refractivity contribution < 1.29 is 17.6 Å². The molecule has 1 heterocycles. The summed E-state index contributed by atoms with van der Waals surface area (Å²) in [6.45, 7) is 0. The predicted molar refractivity (Wildman–Crippen MR) is 56.3 cm³/mol. The number of halogens is 5. The summed E-state index contributed by atoms with van der Waals surface area (Å²) < 4.78 is 51.0. The number of nitrogens with zero attached hydrogens (tertiary/aromatic N) is 1. The molecule has 2 rings (SSSR count). The van der Waals surface area contributed by atoms with E-state index in [1.165, 1.54) is 12.1 Å². The molecule has 0 bridgehead atoms. The molecule has 0 unspecified atom stereocenters. The van der Waals surface area contributed by atoms with Crippen LogP contribution in [0.4, 0.5) is 17.6 Å². The molecule has 0 aliphatic carbocycles. The van der Waals surface area contributed by atoms with Crippen molar-refractivity contribution in [3.8, 4) is 0 Å². The average Bonchev–Trinajstić information content (AvgIpc) is 2.27. The van der Waals surface area contributed by atoms with Crippen LogP contribution in [-0.4, -0.2) is 4.98 Å². The van der Waals surface area contributed by atoms with Gasteiger partial charge in [0, 0.05) is 11.3 Å². The lowest BCUT2D eigenvalue weighted by Gasteiger charge is -2.10. The number of hydrogen-bond acceptors (Lipinski definition) is 1. The highest BCUT2D eigenvalue weighted by Crippen LogP contribution is 2.32. The molecule has 0 saturated heterocycles. The third-order valence-electron chi connectivity index (χ3n) is 2.31. The van der Waals surface area contributed by atoms with E-state index in [4.69, 9.17) is 11.6 Å². The Kier molecular flexibility index (Phi) is 2.95. The first-order valence-electron chi connectivity index (χ1n) is 4.65. The molecule has 1 aromatic carbocycles. The summed E-state index contributed by atoms with van der Waals surface area (Å²) in [5.74, 6) is -0.925. The van der Waals surface area contributed by atoms with Gasteiger partial charge in [-0.05, 0) is 17.7 Å². The molecule has 0 fully saturated rings. The van der Waals surface area contributed by atoms with Crippen molar-refractivity contribution in [1.29, 1.82) is 0 Å². The highest BCUT2D eigenvalue weighted by molar-refractivity contribution is 6.18. The molecule has 2 aromatic rings. The first kappa shape index (κ1) is 12.1. The van der Waals surface area contributed by atoms with Gasteiger partial charge in [-0.15, -0.1) is 11.6 Å². The Bertz CT molecular complexity index is 565. The minimum atomic E-state index is -4.61. The number of rotatable bonds is 1. The van der Waals surface area contributed by atoms with Crippen molar-refractivity contribution in [2.75, 3.05) is 0 Å². The molecule has 6 heteroatoms. The van der Waals surface area contributed by atoms with Gasteiger partial charge in [0.05, 0.1) is 0 Å². The van der Waals surface area contributed by atoms with Gasteiger partial charge in [0.2, 0.25) is 0 Å². The van der Waals surface area contributed by atoms with Crippen LogP contribution in [0.5, 0.6) is 0 Å². The van der Waals surface area contributed by atoms with Gasteiger partial charge in [-0.3, -0.25) is 0 Å². The van der Waals surface area contributed by atoms with Crippen LogP contribution in [0.3, 0.4) is 0 Å². The van der Waals surface area contributed by atoms with Gasteiger partial charge in [-0.1, -0.05) is 12.1 Å². The first-order chi connectivity index (χ1) is 7.93. The third kappa shape index (κ3) is 2.20. The Balaban J connectivity index is 2.81. The molecule has 17 heavy (non-hydrogen) atoms. The van der Waals surface area contributed by atoms with Crippen LogP contribution >= 0.6 is 11.6 Å². The second kappa shape index (κ2) is 4.14. The summed E-state index contributed by atoms with van der Waals surface area (Å²) in [6, 6.07) is 4.80. The highest BCUT2D eigenvalue weighted by Gasteiger charge is 2.33. The highest BCUT2D eigenvalue weighted by atomic mass is 35.5. The molecule has 0 aliphatic rings. The van der Waals surface area contributed by atoms with E-state index >= 15 is 0 Å². The van der Waals surface area contributed by atoms with E-state index in [0.29, 0.717) is 5.39 Å². The minimum Gasteiger partial charge on any atom is -0.240 e. The minimum absolute atomic E-state index is 0.133. The second-order valence-electron chi connectivity index (χ2n) is 3.43. The number of pyridine rings is 1. The van der Waals surface area contributed by atoms with Gasteiger partial charge in [-0.25, -0.2) is 9.37 Å². The monoisotopic (exact) mass is 263 g/mol. The van der Waals surface area contributed by atoms with Gasteiger partial charge in [0.25, 0.3) is 0 Å². The molecular weight excluding hydrogens is 258 g/mol. The zero-order valence-electron chi connectivity index (χ0n) is 8.35. The summed E-state index contributed by atoms with van der Waals surface area (Å²) in [6.07, 6.45) is -4.61. The smallest absolute Gasteiger partial charge is 0.240 e. The van der Waals surface area contributed by atoms with Crippen molar-refractivity contribution >= 4 is 22.5 Å². The zero-order chi connectivity index (χ0) is 12.6. The number of alkyl halides is 4. The van der Waals surface area contributed by atoms with Crippen molar-refractivity contribution in [2.24, 2.45) is 0 Å². The summed E-state index contributed by atoms with van der Waals surface area (Å²) >= 11 is 5.56. The average molecular weight is 264 g/mol. The lowest BCUT2D eigenvalue weighted by molar-refractivity contribution is -0.141. The van der Waals surface area contributed by atoms with Crippen molar-refractivity contribution in [2.45, 2.75) is 12.1 Å². The van der Waals surface area contributed by atoms with Gasteiger partial charge in [0.15, 0.2) is 0 Å². The number of fused-ring (bicyclic) bond motifs is 1. The van der Waals surface area contributed by atoms with Crippen LogP contribution in [-0.2, 0) is 12.1 Å². The Morgan fingerprint density at radius 2 is 1.94 bits per heavy atom. The van der Waals surface area contributed by atoms with E-state index < -0.39 is 17.7 Å². The fourth-order valence-corrected chi connectivity index (χ4v) is 1.76. The largest absolute Gasteiger partial charge is 0.433 e. The molecule has 1 nitrogen and oxygen atoms in total. The summed E-state index contributed by atoms with van der Waals surface area (Å²) in [4.78, 5) is 3.30. The topological polar surface area (TPSA) is 12.9 Å². The molecule has 0 saturated carbocycles. The maximum absolute atomic E-state index is 13.4. The Labute approximate surface area is 99.0 Å². The molecule has 0 radical (unpaired) electrons. The molecule has 0 atom stereocenters. The normalized spacial score (nSPS) is 12.1. The fraction of sp³-hybridized carbons (Fsp3) is 0.182. The van der Waals surface area contributed by atoms with E-state index in [1.54, 1.807) is 0 Å². The Morgan fingerprint density at radius 1 is 1.24 bits per heavy atom. The van der Waals surface area contributed by atoms with Gasteiger partial charge < -0.3 is 0 Å². The molecule has 0 N–H and O–H groups in total. The van der Waals surface area contributed by atoms with Crippen LogP contribution in [0.1, 0.15) is 11.3 Å². The van der Waals surface area contributed by atoms with Crippen molar-refractivity contribution in [3.63, 3.8) is 0 Å². The quantitative estimate of drug-likeness (QED) is 0.557. The van der Waals surface area contributed by atoms with E-state index in [-0.39, 0.29) is 17.0 Å². The molecule has 1 aromatic heterocycles. The second-order valence-corrected chi connectivity index (χ2v) is 3.70. The van der Waals surface area contributed by atoms with Crippen LogP contribution < -0.4 is 0 Å². The fourth-order valence-electron chi connectivity index (χ4n) is 1.54. The number of para-hydroxylation sites is 1. The number of aromatic nitrogens is 1.